The number of nitrogens with zero attached hydrogens (tertiary/aromatic N) is 1. The molecule has 0 radical (unpaired) electrons. The van der Waals surface area contributed by atoms with Crippen molar-refractivity contribution in [3.8, 4) is 5.75 Å². The first-order chi connectivity index (χ1) is 17.2. The summed E-state index contributed by atoms with van der Waals surface area (Å²) < 4.78 is 11.2. The first-order valence-electron chi connectivity index (χ1n) is 12.3. The fourth-order valence-corrected chi connectivity index (χ4v) is 3.92. The Kier molecular flexibility index (Phi) is 9.47. The standard InChI is InChI=1S/C28H35N3O4S/c1-6-7-16-34-23-14-10-21(11-15-23)26(32)29-22-12-8-20(9-13-22)25-24(27(33)35-17-18(2)3)19(4)31(5)28(36)30-25/h8-15,18,25H,6-7,16-17H2,1-5H3,(H,29,32)(H,30,36). The number of hydrogen-bond donors (Lipinski definition) is 2. The third-order valence-electron chi connectivity index (χ3n) is 5.91. The van der Waals surface area contributed by atoms with Gasteiger partial charge in [-0.2, -0.15) is 0 Å². The molecule has 0 spiro atoms. The van der Waals surface area contributed by atoms with Crippen molar-refractivity contribution < 1.29 is 19.1 Å². The van der Waals surface area contributed by atoms with E-state index in [0.717, 1.165) is 29.9 Å². The van der Waals surface area contributed by atoms with Crippen LogP contribution in [0.25, 0.3) is 0 Å². The molecular formula is C28H35N3O4S. The molecule has 1 unspecified atom stereocenters. The molecule has 0 aliphatic carbocycles. The molecule has 8 heteroatoms. The zero-order valence-corrected chi connectivity index (χ0v) is 22.4. The second-order valence-electron chi connectivity index (χ2n) is 9.24. The van der Waals surface area contributed by atoms with Crippen molar-refractivity contribution in [2.45, 2.75) is 46.6 Å². The van der Waals surface area contributed by atoms with Gasteiger partial charge in [-0.3, -0.25) is 4.79 Å². The van der Waals surface area contributed by atoms with Crippen LogP contribution in [0.2, 0.25) is 0 Å². The minimum absolute atomic E-state index is 0.213. The zero-order chi connectivity index (χ0) is 26.2. The number of esters is 1. The van der Waals surface area contributed by atoms with Gasteiger partial charge in [-0.15, -0.1) is 0 Å². The highest BCUT2D eigenvalue weighted by atomic mass is 32.1. The average molecular weight is 510 g/mol. The van der Waals surface area contributed by atoms with E-state index < -0.39 is 6.04 Å². The monoisotopic (exact) mass is 509 g/mol. The summed E-state index contributed by atoms with van der Waals surface area (Å²) in [6.07, 6.45) is 2.06. The van der Waals surface area contributed by atoms with Gasteiger partial charge in [0, 0.05) is 24.0 Å². The lowest BCUT2D eigenvalue weighted by Gasteiger charge is -2.35. The van der Waals surface area contributed by atoms with Gasteiger partial charge >= 0.3 is 5.97 Å². The number of ether oxygens (including phenoxy) is 2. The quantitative estimate of drug-likeness (QED) is 0.250. The van der Waals surface area contributed by atoms with E-state index in [4.69, 9.17) is 21.7 Å². The van der Waals surface area contributed by atoms with Crippen LogP contribution in [0.15, 0.2) is 59.8 Å². The zero-order valence-electron chi connectivity index (χ0n) is 21.6. The molecule has 0 aromatic heterocycles. The molecule has 0 fully saturated rings. The number of carbonyl (C=O) groups excluding carboxylic acids is 2. The van der Waals surface area contributed by atoms with E-state index in [1.807, 2.05) is 52.1 Å². The minimum Gasteiger partial charge on any atom is -0.494 e. The Hall–Kier alpha value is -3.39. The SMILES string of the molecule is CCCCOc1ccc(C(=O)Nc2ccc(C3NC(=S)N(C)C(C)=C3C(=O)OCC(C)C)cc2)cc1. The lowest BCUT2D eigenvalue weighted by molar-refractivity contribution is -0.140. The molecule has 1 heterocycles. The van der Waals surface area contributed by atoms with Crippen LogP contribution < -0.4 is 15.4 Å². The lowest BCUT2D eigenvalue weighted by Crippen LogP contribution is -2.46. The van der Waals surface area contributed by atoms with Gasteiger partial charge in [0.05, 0.1) is 24.8 Å². The van der Waals surface area contributed by atoms with Gasteiger partial charge in [0.1, 0.15) is 5.75 Å². The lowest BCUT2D eigenvalue weighted by atomic mass is 9.95. The molecule has 2 aromatic carbocycles. The van der Waals surface area contributed by atoms with Gasteiger partial charge < -0.3 is 25.0 Å². The molecule has 1 aliphatic heterocycles. The molecule has 0 saturated heterocycles. The summed E-state index contributed by atoms with van der Waals surface area (Å²) in [7, 11) is 1.82. The summed E-state index contributed by atoms with van der Waals surface area (Å²) in [6.45, 7) is 8.97. The van der Waals surface area contributed by atoms with Crippen LogP contribution in [0.4, 0.5) is 5.69 Å². The van der Waals surface area contributed by atoms with Crippen LogP contribution in [0.1, 0.15) is 62.5 Å². The highest BCUT2D eigenvalue weighted by Gasteiger charge is 2.33. The highest BCUT2D eigenvalue weighted by molar-refractivity contribution is 7.80. The Morgan fingerprint density at radius 1 is 1.11 bits per heavy atom. The molecule has 0 saturated carbocycles. The summed E-state index contributed by atoms with van der Waals surface area (Å²) in [5.41, 5.74) is 3.29. The number of anilines is 1. The summed E-state index contributed by atoms with van der Waals surface area (Å²) >= 11 is 5.47. The van der Waals surface area contributed by atoms with E-state index >= 15 is 0 Å². The summed E-state index contributed by atoms with van der Waals surface area (Å²) in [6, 6.07) is 14.0. The molecule has 0 bridgehead atoms. The second kappa shape index (κ2) is 12.5. The number of nitrogens with one attached hydrogen (secondary N) is 2. The van der Waals surface area contributed by atoms with Crippen molar-refractivity contribution >= 4 is 34.9 Å². The van der Waals surface area contributed by atoms with Crippen molar-refractivity contribution in [1.82, 2.24) is 10.2 Å². The number of allylic oxidation sites excluding steroid dienone is 1. The maximum absolute atomic E-state index is 13.0. The van der Waals surface area contributed by atoms with Crippen LogP contribution in [-0.4, -0.2) is 42.2 Å². The molecule has 1 aliphatic rings. The van der Waals surface area contributed by atoms with Gasteiger partial charge in [0.25, 0.3) is 5.91 Å². The molecule has 2 aromatic rings. The second-order valence-corrected chi connectivity index (χ2v) is 9.62. The first kappa shape index (κ1) is 27.2. The fourth-order valence-electron chi connectivity index (χ4n) is 3.67. The number of thiocarbonyl (C=S) groups is 1. The average Bonchev–Trinajstić information content (AvgIpc) is 2.86. The van der Waals surface area contributed by atoms with Crippen LogP contribution in [-0.2, 0) is 9.53 Å². The smallest absolute Gasteiger partial charge is 0.338 e. The predicted molar refractivity (Wildman–Crippen MR) is 146 cm³/mol. The summed E-state index contributed by atoms with van der Waals surface area (Å²) in [4.78, 5) is 27.4. The molecule has 192 valence electrons. The Morgan fingerprint density at radius 2 is 1.78 bits per heavy atom. The molecule has 1 amide bonds. The molecule has 3 rings (SSSR count). The minimum atomic E-state index is -0.446. The Balaban J connectivity index is 1.72. The molecule has 7 nitrogen and oxygen atoms in total. The van der Waals surface area contributed by atoms with E-state index in [-0.39, 0.29) is 17.8 Å². The molecular weight excluding hydrogens is 474 g/mol. The van der Waals surface area contributed by atoms with Crippen LogP contribution >= 0.6 is 12.2 Å². The topological polar surface area (TPSA) is 79.9 Å². The number of amides is 1. The predicted octanol–water partition coefficient (Wildman–Crippen LogP) is 5.45. The number of rotatable bonds is 10. The maximum atomic E-state index is 13.0. The summed E-state index contributed by atoms with van der Waals surface area (Å²) in [5.74, 6) is 0.401. The van der Waals surface area contributed by atoms with E-state index in [1.165, 1.54) is 0 Å². The molecule has 2 N–H and O–H groups in total. The van der Waals surface area contributed by atoms with Gasteiger partial charge in [0.15, 0.2) is 5.11 Å². The van der Waals surface area contributed by atoms with Gasteiger partial charge in [-0.05, 0) is 73.4 Å². The van der Waals surface area contributed by atoms with Crippen molar-refractivity contribution in [2.75, 3.05) is 25.6 Å². The van der Waals surface area contributed by atoms with Crippen molar-refractivity contribution in [3.05, 3.63) is 70.9 Å². The third kappa shape index (κ3) is 6.85. The van der Waals surface area contributed by atoms with Gasteiger partial charge in [0.2, 0.25) is 0 Å². The van der Waals surface area contributed by atoms with E-state index in [2.05, 4.69) is 17.6 Å². The number of unbranched alkanes of at least 4 members (excludes halogenated alkanes) is 1. The largest absolute Gasteiger partial charge is 0.494 e. The van der Waals surface area contributed by atoms with Gasteiger partial charge in [-0.1, -0.05) is 39.3 Å². The Labute approximate surface area is 218 Å². The van der Waals surface area contributed by atoms with E-state index in [1.54, 1.807) is 29.2 Å². The van der Waals surface area contributed by atoms with E-state index in [9.17, 15) is 9.59 Å². The first-order valence-corrected chi connectivity index (χ1v) is 12.7. The normalized spacial score (nSPS) is 15.6. The number of carbonyl (C=O) groups is 2. The Morgan fingerprint density at radius 3 is 2.39 bits per heavy atom. The van der Waals surface area contributed by atoms with Crippen molar-refractivity contribution in [2.24, 2.45) is 5.92 Å². The molecule has 1 atom stereocenters. The summed E-state index contributed by atoms with van der Waals surface area (Å²) in [5, 5.41) is 6.68. The third-order valence-corrected chi connectivity index (χ3v) is 6.30. The van der Waals surface area contributed by atoms with Crippen LogP contribution in [0, 0.1) is 5.92 Å². The number of benzene rings is 2. The highest BCUT2D eigenvalue weighted by Crippen LogP contribution is 2.31. The Bertz CT molecular complexity index is 1110. The van der Waals surface area contributed by atoms with Gasteiger partial charge in [-0.25, -0.2) is 4.79 Å². The van der Waals surface area contributed by atoms with Crippen molar-refractivity contribution in [1.29, 1.82) is 0 Å². The number of hydrogen-bond acceptors (Lipinski definition) is 5. The van der Waals surface area contributed by atoms with Crippen LogP contribution in [0.5, 0.6) is 5.75 Å². The van der Waals surface area contributed by atoms with Crippen molar-refractivity contribution in [3.63, 3.8) is 0 Å². The van der Waals surface area contributed by atoms with E-state index in [0.29, 0.717) is 35.2 Å². The molecule has 36 heavy (non-hydrogen) atoms. The fraction of sp³-hybridized carbons (Fsp3) is 0.393. The van der Waals surface area contributed by atoms with Crippen LogP contribution in [0.3, 0.4) is 0 Å². The maximum Gasteiger partial charge on any atom is 0.338 e.